The van der Waals surface area contributed by atoms with E-state index < -0.39 is 0 Å². The van der Waals surface area contributed by atoms with Crippen LogP contribution >= 0.6 is 0 Å². The lowest BCUT2D eigenvalue weighted by atomic mass is 10.4. The van der Waals surface area contributed by atoms with Crippen LogP contribution < -0.4 is 11.5 Å². The number of aliphatic hydroxyl groups excluding tert-OH is 2. The Balaban J connectivity index is 0. The fourth-order valence-electron chi connectivity index (χ4n) is 0.671. The number of hydrogen-bond acceptors (Lipinski definition) is 6. The summed E-state index contributed by atoms with van der Waals surface area (Å²) in [6.07, 6.45) is 0. The summed E-state index contributed by atoms with van der Waals surface area (Å²) in [7, 11) is 0. The second-order valence-electron chi connectivity index (χ2n) is 3.55. The molecule has 6 N–H and O–H groups in total. The van der Waals surface area contributed by atoms with Gasteiger partial charge in [0.15, 0.2) is 0 Å². The van der Waals surface area contributed by atoms with Crippen molar-refractivity contribution in [2.24, 2.45) is 11.5 Å². The van der Waals surface area contributed by atoms with E-state index in [1.165, 1.54) is 0 Å². The molecule has 0 aromatic rings. The third kappa shape index (κ3) is 23.5. The van der Waals surface area contributed by atoms with Crippen molar-refractivity contribution in [3.63, 3.8) is 0 Å². The van der Waals surface area contributed by atoms with Crippen LogP contribution in [0.3, 0.4) is 0 Å². The maximum absolute atomic E-state index is 8.09. The van der Waals surface area contributed by atoms with E-state index in [4.69, 9.17) is 26.4 Å². The zero-order chi connectivity index (χ0) is 12.8. The van der Waals surface area contributed by atoms with Crippen LogP contribution in [0.15, 0.2) is 0 Å². The second-order valence-corrected chi connectivity index (χ2v) is 3.55. The topological polar surface area (TPSA) is 111 Å². The van der Waals surface area contributed by atoms with Crippen molar-refractivity contribution in [3.8, 4) is 0 Å². The molecule has 0 amide bonds. The van der Waals surface area contributed by atoms with Gasteiger partial charge in [0.05, 0.1) is 39.6 Å². The first-order valence-electron chi connectivity index (χ1n) is 5.43. The summed E-state index contributed by atoms with van der Waals surface area (Å²) in [5.41, 5.74) is 10.8. The summed E-state index contributed by atoms with van der Waals surface area (Å²) < 4.78 is 9.74. The molecule has 6 heteroatoms. The lowest BCUT2D eigenvalue weighted by Crippen LogP contribution is -2.27. The second kappa shape index (κ2) is 14.8. The van der Waals surface area contributed by atoms with Gasteiger partial charge in [-0.2, -0.15) is 0 Å². The minimum absolute atomic E-state index is 0.0278. The van der Waals surface area contributed by atoms with Crippen LogP contribution in [-0.2, 0) is 9.47 Å². The molecule has 16 heavy (non-hydrogen) atoms. The van der Waals surface area contributed by atoms with Crippen molar-refractivity contribution >= 4 is 0 Å². The van der Waals surface area contributed by atoms with Crippen molar-refractivity contribution in [1.29, 1.82) is 0 Å². The average Bonchev–Trinajstić information content (AvgIpc) is 2.18. The standard InChI is InChI=1S/C6H16N2O.C4H10O3/c1-5(7)3-9-4-6(2)8;5-1-3-7-4-2-6/h5-6H,3-4,7-8H2,1-2H3;5-6H,1-4H2. The third-order valence-corrected chi connectivity index (χ3v) is 1.23. The van der Waals surface area contributed by atoms with Crippen molar-refractivity contribution in [2.75, 3.05) is 39.6 Å². The van der Waals surface area contributed by atoms with E-state index in [1.807, 2.05) is 13.8 Å². The van der Waals surface area contributed by atoms with Crippen LogP contribution in [0, 0.1) is 0 Å². The number of ether oxygens (including phenoxy) is 2. The molecule has 0 fully saturated rings. The maximum Gasteiger partial charge on any atom is 0.0698 e. The molecular formula is C10H26N2O4. The largest absolute Gasteiger partial charge is 0.394 e. The Morgan fingerprint density at radius 3 is 1.50 bits per heavy atom. The van der Waals surface area contributed by atoms with E-state index in [0.29, 0.717) is 26.4 Å². The average molecular weight is 238 g/mol. The zero-order valence-electron chi connectivity index (χ0n) is 10.3. The number of rotatable bonds is 8. The predicted molar refractivity (Wildman–Crippen MR) is 63.1 cm³/mol. The van der Waals surface area contributed by atoms with Crippen LogP contribution in [0.5, 0.6) is 0 Å². The number of aliphatic hydroxyl groups is 2. The molecule has 0 aromatic heterocycles. The molecule has 0 heterocycles. The highest BCUT2D eigenvalue weighted by Crippen LogP contribution is 1.81. The number of nitrogens with two attached hydrogens (primary N) is 2. The quantitative estimate of drug-likeness (QED) is 0.391. The Kier molecular flexibility index (Phi) is 16.7. The molecule has 0 radical (unpaired) electrons. The highest BCUT2D eigenvalue weighted by molar-refractivity contribution is 4.52. The molecule has 0 saturated carbocycles. The van der Waals surface area contributed by atoms with Crippen molar-refractivity contribution in [1.82, 2.24) is 0 Å². The van der Waals surface area contributed by atoms with Crippen molar-refractivity contribution < 1.29 is 19.7 Å². The first-order valence-corrected chi connectivity index (χ1v) is 5.43. The SMILES string of the molecule is CC(N)COCC(C)N.OCCOCCO. The van der Waals surface area contributed by atoms with E-state index in [0.717, 1.165) is 0 Å². The van der Waals surface area contributed by atoms with Gasteiger partial charge in [0, 0.05) is 12.1 Å². The molecule has 0 aliphatic carbocycles. The van der Waals surface area contributed by atoms with Gasteiger partial charge >= 0.3 is 0 Å². The van der Waals surface area contributed by atoms with Gasteiger partial charge in [-0.25, -0.2) is 0 Å². The van der Waals surface area contributed by atoms with Gasteiger partial charge in [0.2, 0.25) is 0 Å². The minimum atomic E-state index is 0.0278. The normalized spacial score (nSPS) is 13.9. The Morgan fingerprint density at radius 1 is 0.875 bits per heavy atom. The highest BCUT2D eigenvalue weighted by atomic mass is 16.5. The highest BCUT2D eigenvalue weighted by Gasteiger charge is 1.95. The van der Waals surface area contributed by atoms with Crippen LogP contribution in [0.4, 0.5) is 0 Å². The lowest BCUT2D eigenvalue weighted by molar-refractivity contribution is 0.0650. The van der Waals surface area contributed by atoms with Crippen molar-refractivity contribution in [3.05, 3.63) is 0 Å². The summed E-state index contributed by atoms with van der Waals surface area (Å²) in [6, 6.07) is 0.229. The summed E-state index contributed by atoms with van der Waals surface area (Å²) in [5, 5.41) is 16.2. The fourth-order valence-corrected chi connectivity index (χ4v) is 0.671. The molecule has 0 bridgehead atoms. The van der Waals surface area contributed by atoms with Gasteiger partial charge in [0.25, 0.3) is 0 Å². The van der Waals surface area contributed by atoms with Crippen molar-refractivity contribution in [2.45, 2.75) is 25.9 Å². The van der Waals surface area contributed by atoms with Crippen LogP contribution in [0.2, 0.25) is 0 Å². The van der Waals surface area contributed by atoms with Crippen LogP contribution in [-0.4, -0.2) is 61.9 Å². The van der Waals surface area contributed by atoms with E-state index in [1.54, 1.807) is 0 Å². The van der Waals surface area contributed by atoms with Gasteiger partial charge < -0.3 is 31.2 Å². The molecule has 0 aliphatic rings. The first-order chi connectivity index (χ1) is 7.54. The van der Waals surface area contributed by atoms with Gasteiger partial charge in [0.1, 0.15) is 0 Å². The van der Waals surface area contributed by atoms with Crippen LogP contribution in [0.25, 0.3) is 0 Å². The molecule has 6 nitrogen and oxygen atoms in total. The summed E-state index contributed by atoms with van der Waals surface area (Å²) in [4.78, 5) is 0. The Labute approximate surface area is 97.5 Å². The van der Waals surface area contributed by atoms with Gasteiger partial charge in [-0.05, 0) is 13.8 Å². The molecule has 100 valence electrons. The minimum Gasteiger partial charge on any atom is -0.394 e. The summed E-state index contributed by atoms with van der Waals surface area (Å²) in [5.74, 6) is 0. The lowest BCUT2D eigenvalue weighted by Gasteiger charge is -2.08. The van der Waals surface area contributed by atoms with E-state index in [2.05, 4.69) is 4.74 Å². The monoisotopic (exact) mass is 238 g/mol. The third-order valence-electron chi connectivity index (χ3n) is 1.23. The molecule has 0 aliphatic heterocycles. The van der Waals surface area contributed by atoms with E-state index in [-0.39, 0.29) is 25.3 Å². The summed E-state index contributed by atoms with van der Waals surface area (Å²) >= 11 is 0. The predicted octanol–water partition coefficient (Wildman–Crippen LogP) is -1.31. The molecule has 2 unspecified atom stereocenters. The van der Waals surface area contributed by atoms with Gasteiger partial charge in [-0.15, -0.1) is 0 Å². The van der Waals surface area contributed by atoms with E-state index in [9.17, 15) is 0 Å². The number of hydrogen-bond donors (Lipinski definition) is 4. The molecule has 0 rings (SSSR count). The zero-order valence-corrected chi connectivity index (χ0v) is 10.3. The van der Waals surface area contributed by atoms with Gasteiger partial charge in [-0.1, -0.05) is 0 Å². The first kappa shape index (κ1) is 18.1. The molecule has 0 aromatic carbocycles. The molecular weight excluding hydrogens is 212 g/mol. The van der Waals surface area contributed by atoms with Crippen LogP contribution in [0.1, 0.15) is 13.8 Å². The smallest absolute Gasteiger partial charge is 0.0698 e. The molecule has 0 spiro atoms. The maximum atomic E-state index is 8.09. The summed E-state index contributed by atoms with van der Waals surface area (Å²) in [6.45, 7) is 5.70. The Bertz CT molecular complexity index is 111. The molecule has 0 saturated heterocycles. The fraction of sp³-hybridized carbons (Fsp3) is 1.00. The van der Waals surface area contributed by atoms with Gasteiger partial charge in [-0.3, -0.25) is 0 Å². The molecule has 2 atom stereocenters. The van der Waals surface area contributed by atoms with E-state index >= 15 is 0 Å². The Morgan fingerprint density at radius 2 is 1.25 bits per heavy atom. The Hall–Kier alpha value is -0.240.